The Balaban J connectivity index is 2.05. The standard InChI is InChI=1S/C18H33N3/c1-4-12-19-18(15-10-8-6-7-9-11-15)14-17-13-16(5-2)20-21(17)3/h13,15,18-19H,4-12,14H2,1-3H3. The highest BCUT2D eigenvalue weighted by Crippen LogP contribution is 2.27. The molecule has 0 radical (unpaired) electrons. The molecule has 1 aromatic rings. The molecule has 0 saturated heterocycles. The van der Waals surface area contributed by atoms with Crippen LogP contribution in [0.2, 0.25) is 0 Å². The Labute approximate surface area is 130 Å². The molecule has 1 aliphatic rings. The van der Waals surface area contributed by atoms with E-state index in [1.165, 1.54) is 56.3 Å². The summed E-state index contributed by atoms with van der Waals surface area (Å²) in [5.41, 5.74) is 2.62. The minimum atomic E-state index is 0.628. The van der Waals surface area contributed by atoms with Gasteiger partial charge < -0.3 is 5.32 Å². The highest BCUT2D eigenvalue weighted by molar-refractivity contribution is 5.12. The van der Waals surface area contributed by atoms with E-state index in [0.717, 1.165) is 25.3 Å². The Morgan fingerprint density at radius 2 is 1.95 bits per heavy atom. The minimum absolute atomic E-state index is 0.628. The fourth-order valence-corrected chi connectivity index (χ4v) is 3.61. The summed E-state index contributed by atoms with van der Waals surface area (Å²) < 4.78 is 2.09. The molecule has 1 unspecified atom stereocenters. The molecule has 0 aromatic carbocycles. The fourth-order valence-electron chi connectivity index (χ4n) is 3.61. The summed E-state index contributed by atoms with van der Waals surface area (Å²) in [7, 11) is 2.10. The molecule has 1 aliphatic carbocycles. The third-order valence-electron chi connectivity index (χ3n) is 4.94. The predicted molar refractivity (Wildman–Crippen MR) is 89.6 cm³/mol. The van der Waals surface area contributed by atoms with Crippen LogP contribution in [0.4, 0.5) is 0 Å². The summed E-state index contributed by atoms with van der Waals surface area (Å²) in [6.07, 6.45) is 11.9. The van der Waals surface area contributed by atoms with Gasteiger partial charge in [-0.05, 0) is 44.2 Å². The number of nitrogens with one attached hydrogen (secondary N) is 1. The molecule has 1 saturated carbocycles. The van der Waals surface area contributed by atoms with Crippen LogP contribution in [0.15, 0.2) is 6.07 Å². The average molecular weight is 291 g/mol. The van der Waals surface area contributed by atoms with Crippen LogP contribution in [0.3, 0.4) is 0 Å². The number of aromatic nitrogens is 2. The number of aryl methyl sites for hydroxylation is 2. The van der Waals surface area contributed by atoms with E-state index in [2.05, 4.69) is 42.1 Å². The van der Waals surface area contributed by atoms with E-state index < -0.39 is 0 Å². The lowest BCUT2D eigenvalue weighted by Gasteiger charge is -2.27. The molecule has 1 fully saturated rings. The summed E-state index contributed by atoms with van der Waals surface area (Å²) >= 11 is 0. The second kappa shape index (κ2) is 8.57. The molecule has 0 bridgehead atoms. The van der Waals surface area contributed by atoms with Crippen molar-refractivity contribution in [2.75, 3.05) is 6.54 Å². The fraction of sp³-hybridized carbons (Fsp3) is 0.833. The van der Waals surface area contributed by atoms with Crippen LogP contribution in [-0.4, -0.2) is 22.4 Å². The van der Waals surface area contributed by atoms with Crippen LogP contribution in [0.25, 0.3) is 0 Å². The number of hydrogen-bond acceptors (Lipinski definition) is 2. The van der Waals surface area contributed by atoms with Crippen molar-refractivity contribution in [1.29, 1.82) is 0 Å². The molecule has 0 amide bonds. The van der Waals surface area contributed by atoms with Gasteiger partial charge in [-0.1, -0.05) is 39.5 Å². The van der Waals surface area contributed by atoms with E-state index in [1.807, 2.05) is 0 Å². The number of rotatable bonds is 7. The zero-order chi connectivity index (χ0) is 15.1. The van der Waals surface area contributed by atoms with E-state index in [-0.39, 0.29) is 0 Å². The van der Waals surface area contributed by atoms with Crippen molar-refractivity contribution in [2.24, 2.45) is 13.0 Å². The quantitative estimate of drug-likeness (QED) is 0.773. The molecule has 2 rings (SSSR count). The van der Waals surface area contributed by atoms with Gasteiger partial charge in [0.25, 0.3) is 0 Å². The summed E-state index contributed by atoms with van der Waals surface area (Å²) in [5.74, 6) is 0.846. The Hall–Kier alpha value is -0.830. The van der Waals surface area contributed by atoms with Crippen molar-refractivity contribution in [3.8, 4) is 0 Å². The molecule has 3 nitrogen and oxygen atoms in total. The van der Waals surface area contributed by atoms with Gasteiger partial charge in [-0.15, -0.1) is 0 Å². The van der Waals surface area contributed by atoms with E-state index >= 15 is 0 Å². The zero-order valence-electron chi connectivity index (χ0n) is 14.2. The normalized spacial score (nSPS) is 18.6. The van der Waals surface area contributed by atoms with Crippen LogP contribution >= 0.6 is 0 Å². The molecule has 0 spiro atoms. The molecule has 1 heterocycles. The summed E-state index contributed by atoms with van der Waals surface area (Å²) in [5, 5.41) is 8.44. The first-order valence-electron chi connectivity index (χ1n) is 8.99. The van der Waals surface area contributed by atoms with E-state index in [4.69, 9.17) is 0 Å². The molecule has 3 heteroatoms. The van der Waals surface area contributed by atoms with Crippen LogP contribution in [0.5, 0.6) is 0 Å². The topological polar surface area (TPSA) is 29.9 Å². The van der Waals surface area contributed by atoms with Crippen molar-refractivity contribution in [3.63, 3.8) is 0 Å². The highest BCUT2D eigenvalue weighted by Gasteiger charge is 2.23. The van der Waals surface area contributed by atoms with Crippen LogP contribution in [-0.2, 0) is 19.9 Å². The first-order chi connectivity index (χ1) is 10.2. The van der Waals surface area contributed by atoms with Crippen molar-refractivity contribution < 1.29 is 0 Å². The smallest absolute Gasteiger partial charge is 0.0624 e. The second-order valence-corrected chi connectivity index (χ2v) is 6.62. The molecule has 21 heavy (non-hydrogen) atoms. The summed E-state index contributed by atoms with van der Waals surface area (Å²) in [6, 6.07) is 2.93. The third kappa shape index (κ3) is 4.84. The zero-order valence-corrected chi connectivity index (χ0v) is 14.2. The predicted octanol–water partition coefficient (Wildman–Crippen LogP) is 3.86. The maximum Gasteiger partial charge on any atom is 0.0624 e. The maximum absolute atomic E-state index is 4.62. The van der Waals surface area contributed by atoms with Gasteiger partial charge in [0.15, 0.2) is 0 Å². The average Bonchev–Trinajstić information content (AvgIpc) is 2.70. The van der Waals surface area contributed by atoms with Gasteiger partial charge in [-0.25, -0.2) is 0 Å². The lowest BCUT2D eigenvalue weighted by atomic mass is 9.88. The van der Waals surface area contributed by atoms with Crippen molar-refractivity contribution in [2.45, 2.75) is 77.7 Å². The molecule has 1 N–H and O–H groups in total. The first kappa shape index (κ1) is 16.5. The van der Waals surface area contributed by atoms with Gasteiger partial charge in [-0.3, -0.25) is 4.68 Å². The van der Waals surface area contributed by atoms with Crippen LogP contribution in [0.1, 0.15) is 70.2 Å². The van der Waals surface area contributed by atoms with Crippen molar-refractivity contribution >= 4 is 0 Å². The van der Waals surface area contributed by atoms with Crippen molar-refractivity contribution in [3.05, 3.63) is 17.5 Å². The Bertz CT molecular complexity index is 403. The number of nitrogens with zero attached hydrogens (tertiary/aromatic N) is 2. The van der Waals surface area contributed by atoms with Crippen molar-refractivity contribution in [1.82, 2.24) is 15.1 Å². The summed E-state index contributed by atoms with van der Waals surface area (Å²) in [4.78, 5) is 0. The van der Waals surface area contributed by atoms with E-state index in [1.54, 1.807) is 0 Å². The second-order valence-electron chi connectivity index (χ2n) is 6.62. The van der Waals surface area contributed by atoms with Gasteiger partial charge in [0.1, 0.15) is 0 Å². The Morgan fingerprint density at radius 1 is 1.24 bits per heavy atom. The van der Waals surface area contributed by atoms with E-state index in [9.17, 15) is 0 Å². The van der Waals surface area contributed by atoms with Crippen LogP contribution in [0, 0.1) is 5.92 Å². The van der Waals surface area contributed by atoms with Gasteiger partial charge in [0.05, 0.1) is 5.69 Å². The SMILES string of the molecule is CCCNC(Cc1cc(CC)nn1C)C1CCCCCC1. The van der Waals surface area contributed by atoms with E-state index in [0.29, 0.717) is 6.04 Å². The molecule has 0 aliphatic heterocycles. The van der Waals surface area contributed by atoms with Gasteiger partial charge in [-0.2, -0.15) is 5.10 Å². The first-order valence-corrected chi connectivity index (χ1v) is 8.99. The largest absolute Gasteiger partial charge is 0.313 e. The Morgan fingerprint density at radius 3 is 2.52 bits per heavy atom. The molecule has 1 aromatic heterocycles. The highest BCUT2D eigenvalue weighted by atomic mass is 15.3. The molecular formula is C18H33N3. The molecular weight excluding hydrogens is 258 g/mol. The Kier molecular flexibility index (Phi) is 6.75. The van der Waals surface area contributed by atoms with Gasteiger partial charge in [0.2, 0.25) is 0 Å². The maximum atomic E-state index is 4.62. The molecule has 120 valence electrons. The van der Waals surface area contributed by atoms with Gasteiger partial charge in [0, 0.05) is 25.2 Å². The number of hydrogen-bond donors (Lipinski definition) is 1. The lowest BCUT2D eigenvalue weighted by molar-refractivity contribution is 0.313. The minimum Gasteiger partial charge on any atom is -0.313 e. The third-order valence-corrected chi connectivity index (χ3v) is 4.94. The van der Waals surface area contributed by atoms with Gasteiger partial charge >= 0.3 is 0 Å². The van der Waals surface area contributed by atoms with Crippen LogP contribution < -0.4 is 5.32 Å². The monoisotopic (exact) mass is 291 g/mol. The lowest BCUT2D eigenvalue weighted by Crippen LogP contribution is -2.39. The summed E-state index contributed by atoms with van der Waals surface area (Å²) in [6.45, 7) is 5.58. The molecule has 1 atom stereocenters.